The standard InChI is InChI=1S/C35H63N3O6/c1-30(2)16-13-23(20-33(7,8)36-30)42-27(39)19-26(28(40)43-24-14-17-31(3,4)37-34(9,10)21-24)29(41)44-25-15-18-32(5,6)38-35(11,12)22-25/h23-26,36-38H,13-22H2,1-12H3. The predicted molar refractivity (Wildman–Crippen MR) is 173 cm³/mol. The Morgan fingerprint density at radius 1 is 0.523 bits per heavy atom. The van der Waals surface area contributed by atoms with Crippen LogP contribution in [0.2, 0.25) is 0 Å². The third-order valence-electron chi connectivity index (χ3n) is 9.32. The molecule has 3 aliphatic rings. The van der Waals surface area contributed by atoms with Crippen LogP contribution in [0.25, 0.3) is 0 Å². The van der Waals surface area contributed by atoms with Crippen molar-refractivity contribution in [3.05, 3.63) is 0 Å². The third-order valence-corrected chi connectivity index (χ3v) is 9.32. The molecule has 3 fully saturated rings. The minimum atomic E-state index is -1.38. The zero-order chi connectivity index (χ0) is 33.4. The van der Waals surface area contributed by atoms with Gasteiger partial charge in [-0.2, -0.15) is 0 Å². The Morgan fingerprint density at radius 2 is 0.818 bits per heavy atom. The molecule has 0 saturated carbocycles. The van der Waals surface area contributed by atoms with Crippen LogP contribution in [0.15, 0.2) is 0 Å². The second-order valence-electron chi connectivity index (χ2n) is 17.9. The first kappa shape index (κ1) is 36.8. The summed E-state index contributed by atoms with van der Waals surface area (Å²) in [6, 6.07) is 0. The normalized spacial score (nSPS) is 31.2. The molecule has 3 rings (SSSR count). The molecule has 0 aliphatic carbocycles. The maximum absolute atomic E-state index is 13.8. The Morgan fingerprint density at radius 3 is 1.14 bits per heavy atom. The van der Waals surface area contributed by atoms with E-state index in [4.69, 9.17) is 14.2 Å². The Bertz CT molecular complexity index is 993. The van der Waals surface area contributed by atoms with Crippen molar-refractivity contribution >= 4 is 17.9 Å². The summed E-state index contributed by atoms with van der Waals surface area (Å²) in [5, 5.41) is 11.0. The van der Waals surface area contributed by atoms with Crippen LogP contribution >= 0.6 is 0 Å². The van der Waals surface area contributed by atoms with Crippen LogP contribution in [0.5, 0.6) is 0 Å². The lowest BCUT2D eigenvalue weighted by molar-refractivity contribution is -0.174. The van der Waals surface area contributed by atoms with Crippen molar-refractivity contribution < 1.29 is 28.6 Å². The monoisotopic (exact) mass is 621 g/mol. The molecular weight excluding hydrogens is 558 g/mol. The summed E-state index contributed by atoms with van der Waals surface area (Å²) in [5.74, 6) is -3.36. The van der Waals surface area contributed by atoms with Gasteiger partial charge in [0.2, 0.25) is 0 Å². The van der Waals surface area contributed by atoms with Crippen LogP contribution in [-0.2, 0) is 28.6 Å². The summed E-state index contributed by atoms with van der Waals surface area (Å²) >= 11 is 0. The van der Waals surface area contributed by atoms with Crippen molar-refractivity contribution in [2.45, 2.75) is 199 Å². The number of esters is 3. The van der Waals surface area contributed by atoms with E-state index in [1.54, 1.807) is 0 Å². The van der Waals surface area contributed by atoms with Gasteiger partial charge in [-0.1, -0.05) is 0 Å². The van der Waals surface area contributed by atoms with Gasteiger partial charge >= 0.3 is 17.9 Å². The van der Waals surface area contributed by atoms with Crippen LogP contribution in [0.1, 0.15) is 147 Å². The molecule has 0 amide bonds. The zero-order valence-corrected chi connectivity index (χ0v) is 29.8. The number of nitrogens with one attached hydrogen (secondary N) is 3. The van der Waals surface area contributed by atoms with Crippen LogP contribution in [0.4, 0.5) is 0 Å². The molecule has 0 bridgehead atoms. The SMILES string of the molecule is CC1(C)CCC(OC(=O)CC(C(=O)OC2CCC(C)(C)NC(C)(C)C2)C(=O)OC2CCC(C)(C)NC(C)(C)C2)CC(C)(C)N1. The fraction of sp³-hybridized carbons (Fsp3) is 0.914. The van der Waals surface area contributed by atoms with Crippen LogP contribution in [0, 0.1) is 5.92 Å². The highest BCUT2D eigenvalue weighted by Gasteiger charge is 2.42. The molecule has 3 saturated heterocycles. The Labute approximate surface area is 267 Å². The van der Waals surface area contributed by atoms with Gasteiger partial charge in [0.1, 0.15) is 18.3 Å². The number of rotatable bonds is 7. The van der Waals surface area contributed by atoms with Gasteiger partial charge in [0.25, 0.3) is 0 Å². The quantitative estimate of drug-likeness (QED) is 0.187. The Balaban J connectivity index is 1.78. The number of carbonyl (C=O) groups excluding carboxylic acids is 3. The van der Waals surface area contributed by atoms with Crippen molar-refractivity contribution in [2.75, 3.05) is 0 Å². The first-order chi connectivity index (χ1) is 19.9. The molecular formula is C35H63N3O6. The molecule has 0 radical (unpaired) electrons. The lowest BCUT2D eigenvalue weighted by Crippen LogP contribution is -2.51. The van der Waals surface area contributed by atoms with Crippen molar-refractivity contribution in [3.63, 3.8) is 0 Å². The van der Waals surface area contributed by atoms with Crippen molar-refractivity contribution in [1.82, 2.24) is 16.0 Å². The molecule has 44 heavy (non-hydrogen) atoms. The number of ether oxygens (including phenoxy) is 3. The van der Waals surface area contributed by atoms with E-state index in [2.05, 4.69) is 99.0 Å². The van der Waals surface area contributed by atoms with Gasteiger partial charge in [-0.15, -0.1) is 0 Å². The van der Waals surface area contributed by atoms with Gasteiger partial charge in [-0.05, 0) is 122 Å². The first-order valence-corrected chi connectivity index (χ1v) is 16.8. The van der Waals surface area contributed by atoms with Gasteiger partial charge in [-0.3, -0.25) is 14.4 Å². The molecule has 0 aromatic heterocycles. The van der Waals surface area contributed by atoms with E-state index in [0.717, 1.165) is 19.3 Å². The average Bonchev–Trinajstić information content (AvgIpc) is 3.03. The molecule has 0 aromatic carbocycles. The van der Waals surface area contributed by atoms with Crippen molar-refractivity contribution in [1.29, 1.82) is 0 Å². The van der Waals surface area contributed by atoms with E-state index in [1.807, 2.05) is 0 Å². The summed E-state index contributed by atoms with van der Waals surface area (Å²) in [5.41, 5.74) is -1.08. The lowest BCUT2D eigenvalue weighted by Gasteiger charge is -2.35. The number of hydrogen-bond acceptors (Lipinski definition) is 9. The molecule has 3 N–H and O–H groups in total. The maximum Gasteiger partial charge on any atom is 0.321 e. The van der Waals surface area contributed by atoms with Gasteiger partial charge in [0, 0.05) is 52.5 Å². The predicted octanol–water partition coefficient (Wildman–Crippen LogP) is 5.72. The second kappa shape index (κ2) is 13.2. The van der Waals surface area contributed by atoms with Crippen LogP contribution < -0.4 is 16.0 Å². The number of carbonyl (C=O) groups is 3. The fourth-order valence-corrected chi connectivity index (χ4v) is 8.13. The highest BCUT2D eigenvalue weighted by Crippen LogP contribution is 2.33. The summed E-state index contributed by atoms with van der Waals surface area (Å²) in [6.07, 6.45) is 4.88. The lowest BCUT2D eigenvalue weighted by atomic mass is 9.95. The smallest absolute Gasteiger partial charge is 0.321 e. The highest BCUT2D eigenvalue weighted by molar-refractivity contribution is 5.98. The van der Waals surface area contributed by atoms with Crippen LogP contribution in [0.3, 0.4) is 0 Å². The van der Waals surface area contributed by atoms with Gasteiger partial charge in [-0.25, -0.2) is 0 Å². The molecule has 9 nitrogen and oxygen atoms in total. The van der Waals surface area contributed by atoms with Crippen molar-refractivity contribution in [3.8, 4) is 0 Å². The van der Waals surface area contributed by atoms with Crippen LogP contribution in [-0.4, -0.2) is 69.5 Å². The molecule has 3 unspecified atom stereocenters. The second-order valence-corrected chi connectivity index (χ2v) is 17.9. The van der Waals surface area contributed by atoms with E-state index < -0.39 is 30.2 Å². The summed E-state index contributed by atoms with van der Waals surface area (Å²) in [7, 11) is 0. The molecule has 9 heteroatoms. The maximum atomic E-state index is 13.8. The molecule has 3 heterocycles. The third kappa shape index (κ3) is 11.6. The van der Waals surface area contributed by atoms with Gasteiger partial charge in [0.15, 0.2) is 5.92 Å². The highest BCUT2D eigenvalue weighted by atomic mass is 16.6. The van der Waals surface area contributed by atoms with Gasteiger partial charge < -0.3 is 30.2 Å². The zero-order valence-electron chi connectivity index (χ0n) is 29.8. The molecule has 254 valence electrons. The van der Waals surface area contributed by atoms with E-state index in [-0.39, 0.29) is 51.5 Å². The molecule has 3 aliphatic heterocycles. The fourth-order valence-electron chi connectivity index (χ4n) is 8.13. The summed E-state index contributed by atoms with van der Waals surface area (Å²) < 4.78 is 18.0. The van der Waals surface area contributed by atoms with E-state index in [9.17, 15) is 14.4 Å². The van der Waals surface area contributed by atoms with Gasteiger partial charge in [0.05, 0.1) is 6.42 Å². The average molecular weight is 622 g/mol. The minimum Gasteiger partial charge on any atom is -0.462 e. The Hall–Kier alpha value is -1.71. The molecule has 3 atom stereocenters. The van der Waals surface area contributed by atoms with E-state index in [1.165, 1.54) is 0 Å². The van der Waals surface area contributed by atoms with Crippen molar-refractivity contribution in [2.24, 2.45) is 5.92 Å². The Kier molecular flexibility index (Phi) is 11.0. The summed E-state index contributed by atoms with van der Waals surface area (Å²) in [4.78, 5) is 41.0. The van der Waals surface area contributed by atoms with E-state index >= 15 is 0 Å². The van der Waals surface area contributed by atoms with E-state index in [0.29, 0.717) is 38.5 Å². The molecule has 0 spiro atoms. The topological polar surface area (TPSA) is 115 Å². The largest absolute Gasteiger partial charge is 0.462 e. The minimum absolute atomic E-state index is 0.0906. The molecule has 0 aromatic rings. The number of hydrogen-bond donors (Lipinski definition) is 3. The summed E-state index contributed by atoms with van der Waals surface area (Å²) in [6.45, 7) is 25.5. The first-order valence-electron chi connectivity index (χ1n) is 16.8.